The summed E-state index contributed by atoms with van der Waals surface area (Å²) in [4.78, 5) is 37.6. The Morgan fingerprint density at radius 3 is 1.21 bits per heavy atom. The Morgan fingerprint density at radius 1 is 0.457 bits per heavy atom. The Morgan fingerprint density at radius 2 is 0.814 bits per heavy atom. The van der Waals surface area contributed by atoms with Gasteiger partial charge in [0.15, 0.2) is 6.10 Å². The Labute approximate surface area is 432 Å². The quantitative estimate of drug-likeness (QED) is 0.0195. The van der Waals surface area contributed by atoms with Gasteiger partial charge >= 0.3 is 11.9 Å². The summed E-state index contributed by atoms with van der Waals surface area (Å²) in [5, 5.41) is 0. The fourth-order valence-corrected chi connectivity index (χ4v) is 8.82. The lowest BCUT2D eigenvalue weighted by Crippen LogP contribution is -2.37. The normalized spacial score (nSPS) is 13.7. The number of nitrogens with zero attached hydrogens (tertiary/aromatic N) is 1. The van der Waals surface area contributed by atoms with Crippen molar-refractivity contribution in [2.75, 3.05) is 47.5 Å². The molecule has 0 aromatic rings. The molecule has 0 heterocycles. The average molecular weight is 1000 g/mol. The number of unbranched alkanes of at least 4 members (excludes halogenated alkanes) is 29. The first-order valence-electron chi connectivity index (χ1n) is 29.0. The Hall–Kier alpha value is -2.29. The second-order valence-electron chi connectivity index (χ2n) is 20.6. The van der Waals surface area contributed by atoms with Gasteiger partial charge in [-0.3, -0.25) is 14.2 Å². The van der Waals surface area contributed by atoms with E-state index in [-0.39, 0.29) is 32.0 Å². The van der Waals surface area contributed by atoms with Gasteiger partial charge in [0, 0.05) is 12.8 Å². The van der Waals surface area contributed by atoms with Crippen molar-refractivity contribution in [2.24, 2.45) is 0 Å². The Kier molecular flexibility index (Phi) is 49.9. The largest absolute Gasteiger partial charge is 0.756 e. The van der Waals surface area contributed by atoms with E-state index in [9.17, 15) is 19.0 Å². The number of phosphoric acid groups is 1. The van der Waals surface area contributed by atoms with Crippen molar-refractivity contribution in [1.82, 2.24) is 0 Å². The van der Waals surface area contributed by atoms with Crippen molar-refractivity contribution < 1.29 is 42.1 Å². The number of hydrogen-bond donors (Lipinski definition) is 0. The van der Waals surface area contributed by atoms with Crippen LogP contribution < -0.4 is 4.89 Å². The van der Waals surface area contributed by atoms with E-state index in [1.807, 2.05) is 21.1 Å². The first kappa shape index (κ1) is 67.7. The van der Waals surface area contributed by atoms with Crippen LogP contribution in [0.5, 0.6) is 0 Å². The summed E-state index contributed by atoms with van der Waals surface area (Å²) >= 11 is 0. The van der Waals surface area contributed by atoms with Gasteiger partial charge in [0.25, 0.3) is 7.82 Å². The molecule has 2 unspecified atom stereocenters. The summed E-state index contributed by atoms with van der Waals surface area (Å²) in [6.45, 7) is 4.12. The highest BCUT2D eigenvalue weighted by Crippen LogP contribution is 2.38. The number of likely N-dealkylation sites (N-methyl/N-ethyl adjacent to an activating group) is 1. The van der Waals surface area contributed by atoms with Gasteiger partial charge in [-0.1, -0.05) is 248 Å². The minimum atomic E-state index is -4.62. The monoisotopic (exact) mass is 1000 g/mol. The van der Waals surface area contributed by atoms with Crippen LogP contribution in [0.25, 0.3) is 0 Å². The maximum atomic E-state index is 12.7. The van der Waals surface area contributed by atoms with E-state index in [1.54, 1.807) is 0 Å². The molecule has 0 spiro atoms. The summed E-state index contributed by atoms with van der Waals surface area (Å²) in [7, 11) is 1.17. The molecule has 0 aliphatic rings. The summed E-state index contributed by atoms with van der Waals surface area (Å²) < 4.78 is 34.0. The standard InChI is InChI=1S/C60H110NO8P/c1-6-8-10-12-14-16-17-18-19-20-21-22-23-24-25-26-27-28-29-30-31-32-33-34-35-36-37-38-39-40-41-42-43-45-47-49-51-53-60(63)69-58(57-68-70(64,65)67-55-54-61(3,4)5)56-66-59(62)52-50-48-46-44-15-13-11-9-7-2/h8,10,14,16,18-19,21-22,24-25,58H,6-7,9,11-13,15,17,20,23,26-57H2,1-5H3/b10-8-,16-14-,19-18-,22-21-,25-24-. The number of ether oxygens (including phenoxy) is 2. The second-order valence-corrected chi connectivity index (χ2v) is 22.0. The molecular formula is C60H110NO8P. The van der Waals surface area contributed by atoms with E-state index in [2.05, 4.69) is 74.6 Å². The average Bonchev–Trinajstić information content (AvgIpc) is 3.32. The lowest BCUT2D eigenvalue weighted by Gasteiger charge is -2.28. The van der Waals surface area contributed by atoms with Crippen LogP contribution in [0.2, 0.25) is 0 Å². The molecule has 70 heavy (non-hydrogen) atoms. The molecule has 0 rings (SSSR count). The molecule has 9 nitrogen and oxygen atoms in total. The van der Waals surface area contributed by atoms with Gasteiger partial charge in [-0.2, -0.15) is 0 Å². The highest BCUT2D eigenvalue weighted by atomic mass is 31.2. The number of esters is 2. The molecular weight excluding hydrogens is 894 g/mol. The van der Waals surface area contributed by atoms with Crippen LogP contribution in [0.1, 0.15) is 258 Å². The number of carbonyl (C=O) groups is 2. The van der Waals surface area contributed by atoms with Gasteiger partial charge in [0.1, 0.15) is 19.8 Å². The molecule has 0 aliphatic carbocycles. The molecule has 0 radical (unpaired) electrons. The molecule has 0 N–H and O–H groups in total. The van der Waals surface area contributed by atoms with E-state index in [4.69, 9.17) is 18.5 Å². The molecule has 0 aromatic carbocycles. The first-order valence-corrected chi connectivity index (χ1v) is 30.5. The summed E-state index contributed by atoms with van der Waals surface area (Å²) in [5.74, 6) is -0.827. The van der Waals surface area contributed by atoms with E-state index in [1.165, 1.54) is 161 Å². The van der Waals surface area contributed by atoms with Gasteiger partial charge in [0.2, 0.25) is 0 Å². The Balaban J connectivity index is 3.88. The van der Waals surface area contributed by atoms with Gasteiger partial charge in [0.05, 0.1) is 27.7 Å². The van der Waals surface area contributed by atoms with Gasteiger partial charge < -0.3 is 27.9 Å². The number of carbonyl (C=O) groups excluding carboxylic acids is 2. The number of hydrogen-bond acceptors (Lipinski definition) is 8. The fraction of sp³-hybridized carbons (Fsp3) is 0.800. The van der Waals surface area contributed by atoms with Crippen molar-refractivity contribution in [3.63, 3.8) is 0 Å². The topological polar surface area (TPSA) is 111 Å². The van der Waals surface area contributed by atoms with E-state index >= 15 is 0 Å². The third-order valence-corrected chi connectivity index (χ3v) is 13.5. The van der Waals surface area contributed by atoms with Gasteiger partial charge in [-0.15, -0.1) is 0 Å². The van der Waals surface area contributed by atoms with Crippen molar-refractivity contribution in [3.8, 4) is 0 Å². The smallest absolute Gasteiger partial charge is 0.306 e. The second kappa shape index (κ2) is 51.6. The van der Waals surface area contributed by atoms with Crippen molar-refractivity contribution >= 4 is 19.8 Å². The number of quaternary nitrogens is 1. The fourth-order valence-electron chi connectivity index (χ4n) is 8.10. The van der Waals surface area contributed by atoms with E-state index in [0.29, 0.717) is 17.4 Å². The number of allylic oxidation sites excluding steroid dienone is 10. The molecule has 408 valence electrons. The van der Waals surface area contributed by atoms with Crippen molar-refractivity contribution in [1.29, 1.82) is 0 Å². The molecule has 0 amide bonds. The highest BCUT2D eigenvalue weighted by Gasteiger charge is 2.22. The number of phosphoric ester groups is 1. The maximum Gasteiger partial charge on any atom is 0.306 e. The maximum absolute atomic E-state index is 12.7. The van der Waals surface area contributed by atoms with Crippen LogP contribution in [0, 0.1) is 0 Å². The van der Waals surface area contributed by atoms with Crippen LogP contribution in [0.3, 0.4) is 0 Å². The lowest BCUT2D eigenvalue weighted by molar-refractivity contribution is -0.870. The third kappa shape index (κ3) is 55.0. The molecule has 0 aromatic heterocycles. The summed E-state index contributed by atoms with van der Waals surface area (Å²) in [6, 6.07) is 0. The predicted octanol–water partition coefficient (Wildman–Crippen LogP) is 17.3. The van der Waals surface area contributed by atoms with Crippen molar-refractivity contribution in [3.05, 3.63) is 60.8 Å². The van der Waals surface area contributed by atoms with Gasteiger partial charge in [-0.25, -0.2) is 0 Å². The summed E-state index contributed by atoms with van der Waals surface area (Å²) in [5.41, 5.74) is 0. The number of rotatable bonds is 53. The van der Waals surface area contributed by atoms with Crippen LogP contribution in [0.15, 0.2) is 60.8 Å². The predicted molar refractivity (Wildman–Crippen MR) is 296 cm³/mol. The van der Waals surface area contributed by atoms with Crippen LogP contribution in [-0.2, 0) is 32.7 Å². The minimum absolute atomic E-state index is 0.0291. The zero-order chi connectivity index (χ0) is 51.3. The molecule has 0 saturated heterocycles. The van der Waals surface area contributed by atoms with E-state index in [0.717, 1.165) is 64.2 Å². The highest BCUT2D eigenvalue weighted by molar-refractivity contribution is 7.45. The summed E-state index contributed by atoms with van der Waals surface area (Å²) in [6.07, 6.45) is 65.9. The lowest BCUT2D eigenvalue weighted by atomic mass is 10.0. The molecule has 0 fully saturated rings. The van der Waals surface area contributed by atoms with Crippen molar-refractivity contribution in [2.45, 2.75) is 264 Å². The minimum Gasteiger partial charge on any atom is -0.756 e. The molecule has 0 bridgehead atoms. The van der Waals surface area contributed by atoms with Crippen LogP contribution in [-0.4, -0.2) is 70.0 Å². The van der Waals surface area contributed by atoms with Crippen LogP contribution in [0.4, 0.5) is 0 Å². The molecule has 0 aliphatic heterocycles. The molecule has 2 atom stereocenters. The van der Waals surface area contributed by atoms with Gasteiger partial charge in [-0.05, 0) is 57.8 Å². The van der Waals surface area contributed by atoms with Crippen LogP contribution >= 0.6 is 7.82 Å². The van der Waals surface area contributed by atoms with E-state index < -0.39 is 26.5 Å². The Bertz CT molecular complexity index is 1370. The molecule has 10 heteroatoms. The SMILES string of the molecule is CC/C=C\C/C=C\C/C=C\C/C=C\C/C=C\CCCCCCCCCCCCCCCCCCCCCCCC(=O)OC(COC(=O)CCCCCCCCCCC)COP(=O)([O-])OCC[N+](C)(C)C. The molecule has 0 saturated carbocycles. The third-order valence-electron chi connectivity index (χ3n) is 12.6. The zero-order valence-electron chi connectivity index (χ0n) is 46.2. The zero-order valence-corrected chi connectivity index (χ0v) is 47.1. The first-order chi connectivity index (χ1) is 34.0.